The average molecular weight is 657 g/mol. The van der Waals surface area contributed by atoms with E-state index in [1.807, 2.05) is 0 Å². The molecule has 1 unspecified atom stereocenters. The highest BCUT2D eigenvalue weighted by molar-refractivity contribution is 5.75. The van der Waals surface area contributed by atoms with Gasteiger partial charge in [0, 0.05) is 13.0 Å². The van der Waals surface area contributed by atoms with Crippen LogP contribution in [0.1, 0.15) is 40.0 Å². The second-order valence-electron chi connectivity index (χ2n) is 10.1. The van der Waals surface area contributed by atoms with E-state index in [1.54, 1.807) is 6.92 Å². The highest BCUT2D eigenvalue weighted by Crippen LogP contribution is 2.05. The van der Waals surface area contributed by atoms with Crippen molar-refractivity contribution in [3.8, 4) is 0 Å². The summed E-state index contributed by atoms with van der Waals surface area (Å²) in [5, 5.41) is 0. The summed E-state index contributed by atoms with van der Waals surface area (Å²) in [7, 11) is 0. The summed E-state index contributed by atoms with van der Waals surface area (Å²) in [4.78, 5) is 10.8. The molecule has 0 aromatic carbocycles. The molecule has 0 saturated heterocycles. The Bertz CT molecular complexity index is 571. The van der Waals surface area contributed by atoms with E-state index < -0.39 is 0 Å². The van der Waals surface area contributed by atoms with Crippen LogP contribution in [-0.2, 0) is 61.6 Å². The van der Waals surface area contributed by atoms with Crippen LogP contribution in [-0.4, -0.2) is 164 Å². The van der Waals surface area contributed by atoms with Crippen molar-refractivity contribution in [1.29, 1.82) is 0 Å². The number of hydrogen-bond donors (Lipinski definition) is 0. The van der Waals surface area contributed by atoms with Gasteiger partial charge in [0.25, 0.3) is 0 Å². The van der Waals surface area contributed by atoms with Gasteiger partial charge < -0.3 is 56.8 Å². The lowest BCUT2D eigenvalue weighted by molar-refractivity contribution is -0.118. The van der Waals surface area contributed by atoms with Crippen molar-refractivity contribution in [2.24, 2.45) is 5.92 Å². The lowest BCUT2D eigenvalue weighted by atomic mass is 10.1. The third-order valence-corrected chi connectivity index (χ3v) is 6.14. The Kier molecular flexibility index (Phi) is 38.7. The fourth-order valence-electron chi connectivity index (χ4n) is 3.23. The van der Waals surface area contributed by atoms with E-state index >= 15 is 0 Å². The summed E-state index contributed by atoms with van der Waals surface area (Å²) in [6, 6.07) is 0. The second-order valence-corrected chi connectivity index (χ2v) is 10.1. The first-order valence-electron chi connectivity index (χ1n) is 16.6. The maximum absolute atomic E-state index is 10.8. The first-order valence-corrected chi connectivity index (χ1v) is 16.6. The molecular weight excluding hydrogens is 592 g/mol. The van der Waals surface area contributed by atoms with E-state index in [4.69, 9.17) is 56.8 Å². The molecule has 0 fully saturated rings. The van der Waals surface area contributed by atoms with Crippen molar-refractivity contribution in [1.82, 2.24) is 0 Å². The van der Waals surface area contributed by atoms with Gasteiger partial charge in [0.2, 0.25) is 0 Å². The molecule has 1 atom stereocenters. The number of rotatable bonds is 40. The molecule has 0 spiro atoms. The van der Waals surface area contributed by atoms with Crippen molar-refractivity contribution < 1.29 is 61.6 Å². The van der Waals surface area contributed by atoms with Gasteiger partial charge in [0.05, 0.1) is 152 Å². The molecule has 0 radical (unpaired) electrons. The van der Waals surface area contributed by atoms with Crippen LogP contribution in [0, 0.1) is 5.92 Å². The van der Waals surface area contributed by atoms with E-state index in [9.17, 15) is 4.79 Å². The van der Waals surface area contributed by atoms with Crippen LogP contribution < -0.4 is 0 Å². The molecule has 0 aliphatic carbocycles. The van der Waals surface area contributed by atoms with Crippen molar-refractivity contribution in [2.75, 3.05) is 159 Å². The molecule has 0 aliphatic heterocycles. The number of carbonyl (C=O) groups is 1. The Morgan fingerprint density at radius 2 is 0.578 bits per heavy atom. The number of ketones is 1. The molecule has 0 bridgehead atoms. The number of ether oxygens (including phenoxy) is 12. The zero-order chi connectivity index (χ0) is 32.7. The minimum Gasteiger partial charge on any atom is -0.379 e. The molecular formula is C32H64O13. The Morgan fingerprint density at radius 3 is 0.778 bits per heavy atom. The topological polar surface area (TPSA) is 128 Å². The maximum atomic E-state index is 10.8. The van der Waals surface area contributed by atoms with Crippen LogP contribution in [0.15, 0.2) is 0 Å². The third-order valence-electron chi connectivity index (χ3n) is 6.14. The minimum absolute atomic E-state index is 0.127. The lowest BCUT2D eigenvalue weighted by Crippen LogP contribution is -2.15. The fourth-order valence-corrected chi connectivity index (χ4v) is 3.23. The number of hydrogen-bond acceptors (Lipinski definition) is 13. The molecule has 0 saturated carbocycles. The predicted octanol–water partition coefficient (Wildman–Crippen LogP) is 2.60. The summed E-state index contributed by atoms with van der Waals surface area (Å²) < 4.78 is 65.4. The van der Waals surface area contributed by atoms with Gasteiger partial charge in [0.1, 0.15) is 5.78 Å². The third kappa shape index (κ3) is 41.2. The summed E-state index contributed by atoms with van der Waals surface area (Å²) >= 11 is 0. The quantitative estimate of drug-likeness (QED) is 0.0898. The van der Waals surface area contributed by atoms with Gasteiger partial charge >= 0.3 is 0 Å². The van der Waals surface area contributed by atoms with E-state index in [0.717, 1.165) is 18.9 Å². The van der Waals surface area contributed by atoms with Crippen LogP contribution in [0.3, 0.4) is 0 Å². The molecule has 0 aliphatic rings. The van der Waals surface area contributed by atoms with Crippen molar-refractivity contribution in [3.63, 3.8) is 0 Å². The average Bonchev–Trinajstić information content (AvgIpc) is 3.03. The van der Waals surface area contributed by atoms with Crippen molar-refractivity contribution >= 4 is 5.78 Å². The summed E-state index contributed by atoms with van der Waals surface area (Å²) in [5.41, 5.74) is 0. The molecule has 270 valence electrons. The zero-order valence-corrected chi connectivity index (χ0v) is 28.5. The van der Waals surface area contributed by atoms with Crippen LogP contribution in [0.5, 0.6) is 0 Å². The number of carbonyl (C=O) groups excluding carboxylic acids is 1. The summed E-state index contributed by atoms with van der Waals surface area (Å²) in [6.45, 7) is 18.7. The number of Topliss-reactive ketones (excluding diaryl/α,β-unsaturated/α-hetero) is 1. The molecule has 0 N–H and O–H groups in total. The molecule has 0 rings (SSSR count). The molecule has 13 nitrogen and oxygen atoms in total. The van der Waals surface area contributed by atoms with E-state index in [-0.39, 0.29) is 5.78 Å². The molecule has 0 aromatic rings. The molecule has 13 heteroatoms. The monoisotopic (exact) mass is 656 g/mol. The molecule has 45 heavy (non-hydrogen) atoms. The summed E-state index contributed by atoms with van der Waals surface area (Å²) in [6.07, 6.45) is 2.74. The standard InChI is InChI=1S/C32H64O13/c1-4-31(2)5-7-34-9-11-36-13-15-38-17-19-40-21-23-42-25-27-44-29-30-45-28-26-43-24-22-41-20-18-39-16-14-37-12-10-35-8-6-32(3)33/h31H,4-30H2,1-3H3. The zero-order valence-electron chi connectivity index (χ0n) is 28.5. The normalized spacial score (nSPS) is 12.2. The van der Waals surface area contributed by atoms with Gasteiger partial charge in [-0.1, -0.05) is 20.3 Å². The Morgan fingerprint density at radius 1 is 0.378 bits per heavy atom. The molecule has 0 aromatic heterocycles. The Balaban J connectivity index is 3.05. The van der Waals surface area contributed by atoms with Crippen molar-refractivity contribution in [3.05, 3.63) is 0 Å². The highest BCUT2D eigenvalue weighted by atomic mass is 16.6. The Labute approximate surface area is 272 Å². The minimum atomic E-state index is 0.127. The predicted molar refractivity (Wildman–Crippen MR) is 169 cm³/mol. The SMILES string of the molecule is CCC(C)CCOCCOCCOCCOCCOCCOCCOCCOCCOCCOCCOCCOCCC(C)=O. The lowest BCUT2D eigenvalue weighted by Gasteiger charge is -2.09. The van der Waals surface area contributed by atoms with E-state index in [2.05, 4.69) is 13.8 Å². The first-order chi connectivity index (χ1) is 22.2. The highest BCUT2D eigenvalue weighted by Gasteiger charge is 1.99. The second kappa shape index (κ2) is 39.4. The van der Waals surface area contributed by atoms with Crippen LogP contribution in [0.25, 0.3) is 0 Å². The van der Waals surface area contributed by atoms with E-state index in [0.29, 0.717) is 158 Å². The van der Waals surface area contributed by atoms with Gasteiger partial charge in [-0.15, -0.1) is 0 Å². The largest absolute Gasteiger partial charge is 0.379 e. The first kappa shape index (κ1) is 44.2. The fraction of sp³-hybridized carbons (Fsp3) is 0.969. The molecule has 0 amide bonds. The maximum Gasteiger partial charge on any atom is 0.132 e. The molecule has 0 heterocycles. The van der Waals surface area contributed by atoms with Crippen molar-refractivity contribution in [2.45, 2.75) is 40.0 Å². The van der Waals surface area contributed by atoms with Gasteiger partial charge in [-0.3, -0.25) is 4.79 Å². The summed E-state index contributed by atoms with van der Waals surface area (Å²) in [5.74, 6) is 0.845. The Hall–Kier alpha value is -0.810. The van der Waals surface area contributed by atoms with Gasteiger partial charge in [-0.2, -0.15) is 0 Å². The van der Waals surface area contributed by atoms with Crippen LogP contribution >= 0.6 is 0 Å². The van der Waals surface area contributed by atoms with Gasteiger partial charge in [0.15, 0.2) is 0 Å². The van der Waals surface area contributed by atoms with E-state index in [1.165, 1.54) is 6.42 Å². The van der Waals surface area contributed by atoms with Gasteiger partial charge in [-0.25, -0.2) is 0 Å². The van der Waals surface area contributed by atoms with Gasteiger partial charge in [-0.05, 0) is 19.3 Å². The smallest absolute Gasteiger partial charge is 0.132 e. The van der Waals surface area contributed by atoms with Crippen LogP contribution in [0.2, 0.25) is 0 Å². The van der Waals surface area contributed by atoms with Crippen LogP contribution in [0.4, 0.5) is 0 Å².